The van der Waals surface area contributed by atoms with Gasteiger partial charge < -0.3 is 10.0 Å². The number of hydrogen-bond donors (Lipinski definition) is 1. The molecule has 110 valence electrons. The minimum atomic E-state index is -0.840. The normalized spacial score (nSPS) is 20.6. The van der Waals surface area contributed by atoms with Gasteiger partial charge in [-0.25, -0.2) is 4.79 Å². The zero-order valence-electron chi connectivity index (χ0n) is 11.7. The molecule has 2 unspecified atom stereocenters. The second kappa shape index (κ2) is 6.12. The van der Waals surface area contributed by atoms with Gasteiger partial charge in [-0.1, -0.05) is 36.4 Å². The highest BCUT2D eigenvalue weighted by atomic mass is 32.2. The van der Waals surface area contributed by atoms with Gasteiger partial charge in [0, 0.05) is 11.4 Å². The Morgan fingerprint density at radius 3 is 2.68 bits per heavy atom. The SMILES string of the molecule is N#Cc1cccc(N2C(C(=O)O)CSC2c2ccccc2)c1. The Kier molecular flexibility index (Phi) is 4.03. The van der Waals surface area contributed by atoms with Crippen LogP contribution in [0.5, 0.6) is 0 Å². The molecule has 0 amide bonds. The molecule has 0 aliphatic carbocycles. The average Bonchev–Trinajstić information content (AvgIpc) is 3.01. The first-order valence-electron chi connectivity index (χ1n) is 6.88. The van der Waals surface area contributed by atoms with Crippen molar-refractivity contribution in [3.63, 3.8) is 0 Å². The summed E-state index contributed by atoms with van der Waals surface area (Å²) < 4.78 is 0. The van der Waals surface area contributed by atoms with E-state index in [1.54, 1.807) is 30.0 Å². The van der Waals surface area contributed by atoms with Crippen molar-refractivity contribution < 1.29 is 9.90 Å². The van der Waals surface area contributed by atoms with Gasteiger partial charge in [-0.3, -0.25) is 0 Å². The van der Waals surface area contributed by atoms with E-state index in [-0.39, 0.29) is 5.37 Å². The van der Waals surface area contributed by atoms with Crippen LogP contribution in [-0.2, 0) is 4.79 Å². The number of rotatable bonds is 3. The molecule has 0 radical (unpaired) electrons. The van der Waals surface area contributed by atoms with Crippen LogP contribution >= 0.6 is 11.8 Å². The van der Waals surface area contributed by atoms with Crippen LogP contribution < -0.4 is 4.90 Å². The van der Waals surface area contributed by atoms with Crippen molar-refractivity contribution >= 4 is 23.4 Å². The third-order valence-corrected chi connectivity index (χ3v) is 4.97. The summed E-state index contributed by atoms with van der Waals surface area (Å²) in [5.74, 6) is -0.320. The number of carbonyl (C=O) groups is 1. The van der Waals surface area contributed by atoms with Crippen molar-refractivity contribution in [2.24, 2.45) is 0 Å². The first kappa shape index (κ1) is 14.5. The predicted octanol–water partition coefficient (Wildman–Crippen LogP) is 3.26. The molecule has 3 rings (SSSR count). The number of nitriles is 1. The van der Waals surface area contributed by atoms with Crippen LogP contribution in [0.2, 0.25) is 0 Å². The van der Waals surface area contributed by atoms with E-state index >= 15 is 0 Å². The summed E-state index contributed by atoms with van der Waals surface area (Å²) in [7, 11) is 0. The summed E-state index contributed by atoms with van der Waals surface area (Å²) in [5.41, 5.74) is 2.37. The molecule has 1 N–H and O–H groups in total. The number of thioether (sulfide) groups is 1. The fourth-order valence-corrected chi connectivity index (χ4v) is 4.07. The number of anilines is 1. The van der Waals surface area contributed by atoms with Gasteiger partial charge in [0.15, 0.2) is 0 Å². The van der Waals surface area contributed by atoms with E-state index in [1.165, 1.54) is 0 Å². The quantitative estimate of drug-likeness (QED) is 0.942. The van der Waals surface area contributed by atoms with E-state index < -0.39 is 12.0 Å². The van der Waals surface area contributed by atoms with Crippen LogP contribution in [0.15, 0.2) is 54.6 Å². The Balaban J connectivity index is 2.04. The second-order valence-electron chi connectivity index (χ2n) is 5.02. The first-order valence-corrected chi connectivity index (χ1v) is 7.93. The smallest absolute Gasteiger partial charge is 0.327 e. The first-order chi connectivity index (χ1) is 10.7. The van der Waals surface area contributed by atoms with Crippen LogP contribution in [-0.4, -0.2) is 22.9 Å². The van der Waals surface area contributed by atoms with E-state index in [9.17, 15) is 9.90 Å². The van der Waals surface area contributed by atoms with Gasteiger partial charge >= 0.3 is 5.97 Å². The van der Waals surface area contributed by atoms with Gasteiger partial charge in [-0.15, -0.1) is 11.8 Å². The number of carboxylic acids is 1. The lowest BCUT2D eigenvalue weighted by Crippen LogP contribution is -2.39. The molecular formula is C17H14N2O2S. The zero-order valence-corrected chi connectivity index (χ0v) is 12.5. The van der Waals surface area contributed by atoms with Gasteiger partial charge in [0.25, 0.3) is 0 Å². The molecule has 1 aliphatic heterocycles. The molecule has 4 nitrogen and oxygen atoms in total. The molecule has 22 heavy (non-hydrogen) atoms. The molecule has 1 heterocycles. The lowest BCUT2D eigenvalue weighted by Gasteiger charge is -2.29. The van der Waals surface area contributed by atoms with Crippen LogP contribution in [0.25, 0.3) is 0 Å². The number of hydrogen-bond acceptors (Lipinski definition) is 4. The molecular weight excluding hydrogens is 296 g/mol. The summed E-state index contributed by atoms with van der Waals surface area (Å²) in [6.07, 6.45) is 0. The van der Waals surface area contributed by atoms with Gasteiger partial charge in [0.2, 0.25) is 0 Å². The van der Waals surface area contributed by atoms with Crippen LogP contribution in [0.3, 0.4) is 0 Å². The molecule has 2 atom stereocenters. The van der Waals surface area contributed by atoms with Crippen molar-refractivity contribution in [3.8, 4) is 6.07 Å². The van der Waals surface area contributed by atoms with Gasteiger partial charge in [-0.2, -0.15) is 5.26 Å². The summed E-state index contributed by atoms with van der Waals surface area (Å²) in [5, 5.41) is 18.5. The molecule has 1 aliphatic rings. The van der Waals surface area contributed by atoms with Crippen molar-refractivity contribution in [2.45, 2.75) is 11.4 Å². The molecule has 0 aromatic heterocycles. The molecule has 1 saturated heterocycles. The van der Waals surface area contributed by atoms with Crippen LogP contribution in [0, 0.1) is 11.3 Å². The van der Waals surface area contributed by atoms with E-state index in [4.69, 9.17) is 5.26 Å². The molecule has 5 heteroatoms. The summed E-state index contributed by atoms with van der Waals surface area (Å²) in [6, 6.07) is 18.5. The Bertz CT molecular complexity index is 727. The summed E-state index contributed by atoms with van der Waals surface area (Å²) in [6.45, 7) is 0. The van der Waals surface area contributed by atoms with Crippen molar-refractivity contribution in [1.82, 2.24) is 0 Å². The lowest BCUT2D eigenvalue weighted by molar-refractivity contribution is -0.137. The molecule has 0 bridgehead atoms. The third-order valence-electron chi connectivity index (χ3n) is 3.64. The Hall–Kier alpha value is -2.45. The van der Waals surface area contributed by atoms with E-state index in [0.717, 1.165) is 11.3 Å². The van der Waals surface area contributed by atoms with E-state index in [0.29, 0.717) is 11.3 Å². The van der Waals surface area contributed by atoms with Crippen LogP contribution in [0.4, 0.5) is 5.69 Å². The fourth-order valence-electron chi connectivity index (χ4n) is 2.62. The molecule has 2 aromatic carbocycles. The highest BCUT2D eigenvalue weighted by Gasteiger charge is 2.39. The Labute approximate surface area is 133 Å². The third kappa shape index (κ3) is 2.66. The van der Waals surface area contributed by atoms with Crippen molar-refractivity contribution in [2.75, 3.05) is 10.7 Å². The highest BCUT2D eigenvalue weighted by molar-refractivity contribution is 8.00. The fraction of sp³-hybridized carbons (Fsp3) is 0.176. The average molecular weight is 310 g/mol. The molecule has 0 spiro atoms. The lowest BCUT2D eigenvalue weighted by atomic mass is 10.1. The number of benzene rings is 2. The molecule has 2 aromatic rings. The maximum Gasteiger partial charge on any atom is 0.327 e. The predicted molar refractivity (Wildman–Crippen MR) is 86.7 cm³/mol. The van der Waals surface area contributed by atoms with Crippen molar-refractivity contribution in [3.05, 3.63) is 65.7 Å². The Morgan fingerprint density at radius 1 is 1.23 bits per heavy atom. The number of aliphatic carboxylic acids is 1. The monoisotopic (exact) mass is 310 g/mol. The minimum Gasteiger partial charge on any atom is -0.480 e. The van der Waals surface area contributed by atoms with E-state index in [2.05, 4.69) is 6.07 Å². The molecule has 1 fully saturated rings. The van der Waals surface area contributed by atoms with Crippen LogP contribution in [0.1, 0.15) is 16.5 Å². The van der Waals surface area contributed by atoms with Crippen molar-refractivity contribution in [1.29, 1.82) is 5.26 Å². The Morgan fingerprint density at radius 2 is 2.00 bits per heavy atom. The van der Waals surface area contributed by atoms with Gasteiger partial charge in [0.05, 0.1) is 11.6 Å². The zero-order chi connectivity index (χ0) is 15.5. The summed E-state index contributed by atoms with van der Waals surface area (Å²) in [4.78, 5) is 13.5. The second-order valence-corrected chi connectivity index (χ2v) is 6.13. The number of nitrogens with zero attached hydrogens (tertiary/aromatic N) is 2. The highest BCUT2D eigenvalue weighted by Crippen LogP contribution is 2.44. The van der Waals surface area contributed by atoms with Gasteiger partial charge in [0.1, 0.15) is 11.4 Å². The largest absolute Gasteiger partial charge is 0.480 e. The maximum atomic E-state index is 11.6. The van der Waals surface area contributed by atoms with E-state index in [1.807, 2.05) is 41.3 Å². The topological polar surface area (TPSA) is 64.3 Å². The minimum absolute atomic E-state index is 0.0590. The summed E-state index contributed by atoms with van der Waals surface area (Å²) >= 11 is 1.61. The van der Waals surface area contributed by atoms with Gasteiger partial charge in [-0.05, 0) is 23.8 Å². The standard InChI is InChI=1S/C17H14N2O2S/c18-10-12-5-4-8-14(9-12)19-15(17(20)21)11-22-16(19)13-6-2-1-3-7-13/h1-9,15-16H,11H2,(H,20,21). The maximum absolute atomic E-state index is 11.6. The molecule has 0 saturated carbocycles. The number of carboxylic acid groups (broad SMARTS) is 1.